The van der Waals surface area contributed by atoms with Crippen LogP contribution in [-0.4, -0.2) is 34.6 Å². The Labute approximate surface area is 124 Å². The van der Waals surface area contributed by atoms with Gasteiger partial charge in [0.15, 0.2) is 0 Å². The zero-order chi connectivity index (χ0) is 14.8. The van der Waals surface area contributed by atoms with Crippen LogP contribution in [0.15, 0.2) is 18.3 Å². The van der Waals surface area contributed by atoms with Crippen LogP contribution in [0.5, 0.6) is 0 Å². The summed E-state index contributed by atoms with van der Waals surface area (Å²) >= 11 is 0. The highest BCUT2D eigenvalue weighted by Crippen LogP contribution is 2.35. The largest absolute Gasteiger partial charge is 0.387 e. The van der Waals surface area contributed by atoms with E-state index >= 15 is 0 Å². The molecule has 2 fully saturated rings. The van der Waals surface area contributed by atoms with Crippen LogP contribution in [0.2, 0.25) is 0 Å². The molecule has 0 aromatic carbocycles. The van der Waals surface area contributed by atoms with E-state index in [0.717, 1.165) is 25.8 Å². The maximum atomic E-state index is 11.3. The number of piperidine rings is 1. The second-order valence-electron chi connectivity index (χ2n) is 6.06. The Morgan fingerprint density at radius 2 is 2.14 bits per heavy atom. The van der Waals surface area contributed by atoms with Gasteiger partial charge in [0.05, 0.1) is 0 Å². The van der Waals surface area contributed by atoms with Gasteiger partial charge in [-0.25, -0.2) is 0 Å². The number of nitrogens with zero attached hydrogens (tertiary/aromatic N) is 3. The lowest BCUT2D eigenvalue weighted by Gasteiger charge is -2.38. The molecule has 1 N–H and O–H groups in total. The molecule has 2 aliphatic rings. The summed E-state index contributed by atoms with van der Waals surface area (Å²) in [6.45, 7) is 2.96. The van der Waals surface area contributed by atoms with Crippen molar-refractivity contribution in [2.24, 2.45) is 0 Å². The highest BCUT2D eigenvalue weighted by Gasteiger charge is 2.37. The molecule has 3 rings (SSSR count). The van der Waals surface area contributed by atoms with E-state index in [1.807, 2.05) is 6.07 Å². The normalized spacial score (nSPS) is 27.6. The van der Waals surface area contributed by atoms with Gasteiger partial charge in [0, 0.05) is 24.7 Å². The summed E-state index contributed by atoms with van der Waals surface area (Å²) in [4.78, 5) is 17.1. The van der Waals surface area contributed by atoms with Gasteiger partial charge in [-0.3, -0.25) is 0 Å². The highest BCUT2D eigenvalue weighted by molar-refractivity contribution is 5.59. The third-order valence-corrected chi connectivity index (χ3v) is 4.60. The van der Waals surface area contributed by atoms with Crippen molar-refractivity contribution in [2.75, 3.05) is 11.4 Å². The lowest BCUT2D eigenvalue weighted by Crippen LogP contribution is -2.48. The van der Waals surface area contributed by atoms with Crippen molar-refractivity contribution in [1.29, 1.82) is 0 Å². The molecule has 0 spiro atoms. The molecule has 3 heterocycles. The van der Waals surface area contributed by atoms with Crippen LogP contribution in [0.1, 0.15) is 39.0 Å². The van der Waals surface area contributed by atoms with E-state index in [2.05, 4.69) is 22.1 Å². The number of pyridine rings is 1. The molecule has 0 aliphatic carbocycles. The molecule has 2 bridgehead atoms. The van der Waals surface area contributed by atoms with Crippen molar-refractivity contribution in [3.63, 3.8) is 0 Å². The Kier molecular flexibility index (Phi) is 4.05. The molecule has 2 saturated heterocycles. The van der Waals surface area contributed by atoms with E-state index in [1.54, 1.807) is 6.07 Å². The smallest absolute Gasteiger partial charge is 0.362 e. The summed E-state index contributed by atoms with van der Waals surface area (Å²) in [5.74, 6) is -0.0168. The number of rotatable bonds is 5. The van der Waals surface area contributed by atoms with Gasteiger partial charge in [0.1, 0.15) is 11.9 Å². The summed E-state index contributed by atoms with van der Waals surface area (Å²) in [6.07, 6.45) is 7.08. The molecule has 1 aromatic rings. The molecule has 2 unspecified atom stereocenters. The fraction of sp³-hybridized carbons (Fsp3) is 0.667. The fourth-order valence-corrected chi connectivity index (χ4v) is 3.78. The minimum Gasteiger partial charge on any atom is -0.362 e. The number of fused-ring (bicyclic) bond motifs is 2. The second kappa shape index (κ2) is 5.97. The van der Waals surface area contributed by atoms with E-state index in [9.17, 15) is 10.1 Å². The molecule has 0 saturated carbocycles. The van der Waals surface area contributed by atoms with E-state index in [4.69, 9.17) is 0 Å². The summed E-state index contributed by atoms with van der Waals surface area (Å²) in [7, 11) is 0. The lowest BCUT2D eigenvalue weighted by atomic mass is 9.97. The molecule has 1 aromatic heterocycles. The molecule has 2 aliphatic heterocycles. The topological polar surface area (TPSA) is 71.3 Å². The first-order valence-electron chi connectivity index (χ1n) is 7.81. The average molecular weight is 290 g/mol. The van der Waals surface area contributed by atoms with Crippen molar-refractivity contribution in [3.8, 4) is 0 Å². The number of hydrogen-bond acceptors (Lipinski definition) is 5. The third-order valence-electron chi connectivity index (χ3n) is 4.60. The molecule has 114 valence electrons. The number of nitrogens with one attached hydrogen (secondary N) is 1. The van der Waals surface area contributed by atoms with Gasteiger partial charge >= 0.3 is 5.82 Å². The lowest BCUT2D eigenvalue weighted by molar-refractivity contribution is -0.388. The quantitative estimate of drug-likeness (QED) is 0.666. The van der Waals surface area contributed by atoms with Crippen LogP contribution < -0.4 is 10.2 Å². The van der Waals surface area contributed by atoms with Gasteiger partial charge in [0.2, 0.25) is 0 Å². The summed E-state index contributed by atoms with van der Waals surface area (Å²) in [5.41, 5.74) is 0.677. The van der Waals surface area contributed by atoms with Crippen LogP contribution in [0.25, 0.3) is 0 Å². The fourth-order valence-electron chi connectivity index (χ4n) is 3.78. The van der Waals surface area contributed by atoms with Crippen molar-refractivity contribution in [3.05, 3.63) is 28.4 Å². The van der Waals surface area contributed by atoms with E-state index in [0.29, 0.717) is 23.8 Å². The van der Waals surface area contributed by atoms with Crippen LogP contribution in [0.4, 0.5) is 11.5 Å². The molecule has 21 heavy (non-hydrogen) atoms. The second-order valence-corrected chi connectivity index (χ2v) is 6.06. The molecule has 2 atom stereocenters. The Morgan fingerprint density at radius 1 is 1.43 bits per heavy atom. The van der Waals surface area contributed by atoms with E-state index < -0.39 is 0 Å². The first-order chi connectivity index (χ1) is 10.2. The van der Waals surface area contributed by atoms with E-state index in [-0.39, 0.29) is 10.7 Å². The van der Waals surface area contributed by atoms with Gasteiger partial charge in [0.25, 0.3) is 0 Å². The van der Waals surface area contributed by atoms with Gasteiger partial charge < -0.3 is 20.3 Å². The number of nitro groups is 1. The molecule has 0 radical (unpaired) electrons. The molecule has 6 nitrogen and oxygen atoms in total. The Balaban J connectivity index is 1.89. The Morgan fingerprint density at radius 3 is 2.76 bits per heavy atom. The predicted octanol–water partition coefficient (Wildman–Crippen LogP) is 2.49. The third kappa shape index (κ3) is 2.85. The number of anilines is 1. The van der Waals surface area contributed by atoms with Crippen molar-refractivity contribution < 1.29 is 4.92 Å². The van der Waals surface area contributed by atoms with Crippen molar-refractivity contribution in [1.82, 2.24) is 10.3 Å². The van der Waals surface area contributed by atoms with Crippen molar-refractivity contribution >= 4 is 11.5 Å². The Hall–Kier alpha value is -1.69. The molecular weight excluding hydrogens is 268 g/mol. The van der Waals surface area contributed by atoms with E-state index in [1.165, 1.54) is 19.0 Å². The predicted molar refractivity (Wildman–Crippen MR) is 81.5 cm³/mol. The standard InChI is InChI=1S/C15H22N4O2/c1-2-8-18(13-9-11-5-6-12(10-13)17-11)14-4-3-7-16-15(14)19(20)21/h3-4,7,11-13,17H,2,5-6,8-10H2,1H3. The zero-order valence-corrected chi connectivity index (χ0v) is 12.4. The first-order valence-corrected chi connectivity index (χ1v) is 7.81. The number of hydrogen-bond donors (Lipinski definition) is 1. The average Bonchev–Trinajstić information content (AvgIpc) is 2.83. The van der Waals surface area contributed by atoms with Crippen LogP contribution in [0, 0.1) is 10.1 Å². The number of aromatic nitrogens is 1. The zero-order valence-electron chi connectivity index (χ0n) is 12.4. The van der Waals surface area contributed by atoms with Crippen LogP contribution >= 0.6 is 0 Å². The summed E-state index contributed by atoms with van der Waals surface area (Å²) in [5, 5.41) is 14.9. The SMILES string of the molecule is CCCN(c1cccnc1[N+](=O)[O-])C1CC2CCC(C1)N2. The summed E-state index contributed by atoms with van der Waals surface area (Å²) < 4.78 is 0. The minimum absolute atomic E-state index is 0.0168. The van der Waals surface area contributed by atoms with Gasteiger partial charge in [-0.15, -0.1) is 0 Å². The van der Waals surface area contributed by atoms with Gasteiger partial charge in [-0.1, -0.05) is 6.92 Å². The highest BCUT2D eigenvalue weighted by atomic mass is 16.6. The monoisotopic (exact) mass is 290 g/mol. The van der Waals surface area contributed by atoms with Gasteiger partial charge in [-0.2, -0.15) is 0 Å². The maximum Gasteiger partial charge on any atom is 0.387 e. The minimum atomic E-state index is -0.367. The Bertz CT molecular complexity index is 510. The van der Waals surface area contributed by atoms with Crippen LogP contribution in [0.3, 0.4) is 0 Å². The molecule has 0 amide bonds. The van der Waals surface area contributed by atoms with Gasteiger partial charge in [-0.05, 0) is 54.1 Å². The maximum absolute atomic E-state index is 11.3. The molecular formula is C15H22N4O2. The van der Waals surface area contributed by atoms with Crippen LogP contribution in [-0.2, 0) is 0 Å². The summed E-state index contributed by atoms with van der Waals surface area (Å²) in [6, 6.07) is 5.16. The molecule has 6 heteroatoms. The first kappa shape index (κ1) is 14.3. The van der Waals surface area contributed by atoms with Crippen molar-refractivity contribution in [2.45, 2.75) is 57.2 Å².